The monoisotopic (exact) mass is 155 g/mol. The van der Waals surface area contributed by atoms with Crippen LogP contribution >= 0.6 is 0 Å². The van der Waals surface area contributed by atoms with Crippen molar-refractivity contribution < 1.29 is 4.52 Å². The van der Waals surface area contributed by atoms with Gasteiger partial charge in [0.15, 0.2) is 5.82 Å². The van der Waals surface area contributed by atoms with E-state index in [2.05, 4.69) is 22.4 Å². The van der Waals surface area contributed by atoms with Crippen molar-refractivity contribution in [2.75, 3.05) is 12.4 Å². The molecule has 0 amide bonds. The second-order valence-electron chi connectivity index (χ2n) is 2.37. The smallest absolute Gasteiger partial charge is 0.321 e. The molecule has 0 radical (unpaired) electrons. The summed E-state index contributed by atoms with van der Waals surface area (Å²) in [5.41, 5.74) is 0. The number of nitrogens with zero attached hydrogens (tertiary/aromatic N) is 2. The predicted octanol–water partition coefficient (Wildman–Crippen LogP) is 1.45. The topological polar surface area (TPSA) is 51.0 Å². The van der Waals surface area contributed by atoms with Crippen molar-refractivity contribution in [1.29, 1.82) is 0 Å². The SMILES string of the molecule is CCCCc1noc(NC)n1. The van der Waals surface area contributed by atoms with Gasteiger partial charge in [0.05, 0.1) is 0 Å². The summed E-state index contributed by atoms with van der Waals surface area (Å²) in [6, 6.07) is 0.496. The molecule has 4 heteroatoms. The maximum atomic E-state index is 4.84. The van der Waals surface area contributed by atoms with Crippen molar-refractivity contribution in [2.24, 2.45) is 0 Å². The molecule has 0 aliphatic heterocycles. The average Bonchev–Trinajstić information content (AvgIpc) is 2.48. The van der Waals surface area contributed by atoms with Crippen molar-refractivity contribution in [3.63, 3.8) is 0 Å². The maximum absolute atomic E-state index is 4.84. The Labute approximate surface area is 66.0 Å². The van der Waals surface area contributed by atoms with Crippen LogP contribution < -0.4 is 5.32 Å². The summed E-state index contributed by atoms with van der Waals surface area (Å²) in [5.74, 6) is 0.788. The maximum Gasteiger partial charge on any atom is 0.321 e. The van der Waals surface area contributed by atoms with Gasteiger partial charge in [0.25, 0.3) is 0 Å². The molecule has 1 heterocycles. The highest BCUT2D eigenvalue weighted by Gasteiger charge is 2.01. The van der Waals surface area contributed by atoms with Gasteiger partial charge in [0.2, 0.25) is 0 Å². The van der Waals surface area contributed by atoms with Gasteiger partial charge >= 0.3 is 6.01 Å². The highest BCUT2D eigenvalue weighted by molar-refractivity contribution is 5.15. The van der Waals surface area contributed by atoms with E-state index < -0.39 is 0 Å². The molecule has 0 aliphatic rings. The molecule has 4 nitrogen and oxygen atoms in total. The van der Waals surface area contributed by atoms with E-state index >= 15 is 0 Å². The quantitative estimate of drug-likeness (QED) is 0.715. The lowest BCUT2D eigenvalue weighted by atomic mass is 10.2. The Hall–Kier alpha value is -1.06. The minimum absolute atomic E-state index is 0.496. The van der Waals surface area contributed by atoms with Crippen LogP contribution in [0.4, 0.5) is 6.01 Å². The van der Waals surface area contributed by atoms with Crippen LogP contribution in [-0.4, -0.2) is 17.2 Å². The Morgan fingerprint density at radius 3 is 2.91 bits per heavy atom. The molecule has 0 saturated carbocycles. The molecular weight excluding hydrogens is 142 g/mol. The number of hydrogen-bond donors (Lipinski definition) is 1. The van der Waals surface area contributed by atoms with E-state index in [4.69, 9.17) is 4.52 Å². The number of aromatic nitrogens is 2. The highest BCUT2D eigenvalue weighted by atomic mass is 16.5. The molecule has 0 bridgehead atoms. The fourth-order valence-corrected chi connectivity index (χ4v) is 0.792. The summed E-state index contributed by atoms with van der Waals surface area (Å²) in [4.78, 5) is 4.08. The minimum Gasteiger partial charge on any atom is -0.341 e. The molecule has 0 aromatic carbocycles. The number of nitrogens with one attached hydrogen (secondary N) is 1. The Balaban J connectivity index is 2.44. The van der Waals surface area contributed by atoms with E-state index in [9.17, 15) is 0 Å². The van der Waals surface area contributed by atoms with Crippen molar-refractivity contribution in [3.05, 3.63) is 5.82 Å². The Morgan fingerprint density at radius 1 is 1.55 bits per heavy atom. The third kappa shape index (κ3) is 2.22. The number of aryl methyl sites for hydroxylation is 1. The fourth-order valence-electron chi connectivity index (χ4n) is 0.792. The first-order valence-corrected chi connectivity index (χ1v) is 3.87. The van der Waals surface area contributed by atoms with Gasteiger partial charge in [-0.25, -0.2) is 0 Å². The molecule has 62 valence electrons. The van der Waals surface area contributed by atoms with Gasteiger partial charge in [0.1, 0.15) is 0 Å². The van der Waals surface area contributed by atoms with Gasteiger partial charge < -0.3 is 9.84 Å². The third-order valence-corrected chi connectivity index (χ3v) is 1.44. The molecule has 0 fully saturated rings. The van der Waals surface area contributed by atoms with Gasteiger partial charge in [-0.05, 0) is 6.42 Å². The Kier molecular flexibility index (Phi) is 2.89. The van der Waals surface area contributed by atoms with Gasteiger partial charge in [-0.2, -0.15) is 4.98 Å². The summed E-state index contributed by atoms with van der Waals surface area (Å²) in [6.07, 6.45) is 3.17. The van der Waals surface area contributed by atoms with E-state index in [1.807, 2.05) is 0 Å². The zero-order valence-electron chi connectivity index (χ0n) is 6.92. The van der Waals surface area contributed by atoms with Crippen LogP contribution in [0.25, 0.3) is 0 Å². The van der Waals surface area contributed by atoms with Gasteiger partial charge in [-0.3, -0.25) is 0 Å². The third-order valence-electron chi connectivity index (χ3n) is 1.44. The molecule has 11 heavy (non-hydrogen) atoms. The van der Waals surface area contributed by atoms with Crippen LogP contribution in [0.2, 0.25) is 0 Å². The average molecular weight is 155 g/mol. The van der Waals surface area contributed by atoms with Crippen LogP contribution in [0.15, 0.2) is 4.52 Å². The zero-order chi connectivity index (χ0) is 8.10. The van der Waals surface area contributed by atoms with E-state index in [0.717, 1.165) is 25.1 Å². The van der Waals surface area contributed by atoms with Gasteiger partial charge in [0, 0.05) is 13.5 Å². The first-order valence-electron chi connectivity index (χ1n) is 3.87. The van der Waals surface area contributed by atoms with E-state index in [0.29, 0.717) is 6.01 Å². The van der Waals surface area contributed by atoms with Crippen LogP contribution in [-0.2, 0) is 6.42 Å². The number of hydrogen-bond acceptors (Lipinski definition) is 4. The molecule has 1 N–H and O–H groups in total. The predicted molar refractivity (Wildman–Crippen MR) is 42.5 cm³/mol. The normalized spacial score (nSPS) is 10.0. The lowest BCUT2D eigenvalue weighted by Gasteiger charge is -1.87. The molecule has 0 spiro atoms. The molecule has 1 aromatic heterocycles. The first kappa shape index (κ1) is 8.04. The van der Waals surface area contributed by atoms with Crippen LogP contribution in [0.1, 0.15) is 25.6 Å². The summed E-state index contributed by atoms with van der Waals surface area (Å²) < 4.78 is 4.84. The molecule has 0 atom stereocenters. The lowest BCUT2D eigenvalue weighted by Crippen LogP contribution is -1.89. The van der Waals surface area contributed by atoms with Crippen LogP contribution in [0.5, 0.6) is 0 Å². The van der Waals surface area contributed by atoms with E-state index in [-0.39, 0.29) is 0 Å². The van der Waals surface area contributed by atoms with Crippen LogP contribution in [0, 0.1) is 0 Å². The second-order valence-corrected chi connectivity index (χ2v) is 2.37. The fraction of sp³-hybridized carbons (Fsp3) is 0.714. The van der Waals surface area contributed by atoms with E-state index in [1.54, 1.807) is 7.05 Å². The van der Waals surface area contributed by atoms with Crippen molar-refractivity contribution in [2.45, 2.75) is 26.2 Å². The summed E-state index contributed by atoms with van der Waals surface area (Å²) in [7, 11) is 1.76. The first-order chi connectivity index (χ1) is 5.36. The lowest BCUT2D eigenvalue weighted by molar-refractivity contribution is 0.423. The summed E-state index contributed by atoms with van der Waals surface area (Å²) >= 11 is 0. The summed E-state index contributed by atoms with van der Waals surface area (Å²) in [5, 5.41) is 6.56. The van der Waals surface area contributed by atoms with Crippen LogP contribution in [0.3, 0.4) is 0 Å². The largest absolute Gasteiger partial charge is 0.341 e. The molecule has 1 rings (SSSR count). The van der Waals surface area contributed by atoms with Crippen molar-refractivity contribution in [3.8, 4) is 0 Å². The Bertz CT molecular complexity index is 209. The second kappa shape index (κ2) is 3.95. The molecular formula is C7H13N3O. The molecule has 1 aromatic rings. The standard InChI is InChI=1S/C7H13N3O/c1-3-4-5-6-9-7(8-2)11-10-6/h3-5H2,1-2H3,(H,8,9,10). The number of anilines is 1. The van der Waals surface area contributed by atoms with Gasteiger partial charge in [-0.15, -0.1) is 0 Å². The van der Waals surface area contributed by atoms with E-state index in [1.165, 1.54) is 0 Å². The number of unbranched alkanes of at least 4 members (excludes halogenated alkanes) is 1. The highest BCUT2D eigenvalue weighted by Crippen LogP contribution is 2.04. The molecule has 0 saturated heterocycles. The molecule has 0 unspecified atom stereocenters. The Morgan fingerprint density at radius 2 is 2.36 bits per heavy atom. The minimum atomic E-state index is 0.496. The summed E-state index contributed by atoms with van der Waals surface area (Å²) in [6.45, 7) is 2.14. The van der Waals surface area contributed by atoms with Gasteiger partial charge in [-0.1, -0.05) is 18.5 Å². The van der Waals surface area contributed by atoms with Crippen molar-refractivity contribution in [1.82, 2.24) is 10.1 Å². The number of rotatable bonds is 4. The molecule has 0 aliphatic carbocycles. The zero-order valence-corrected chi connectivity index (χ0v) is 6.92. The van der Waals surface area contributed by atoms with Crippen molar-refractivity contribution >= 4 is 6.01 Å².